The summed E-state index contributed by atoms with van der Waals surface area (Å²) in [6.07, 6.45) is 5.61. The molecule has 0 aliphatic carbocycles. The van der Waals surface area contributed by atoms with Crippen LogP contribution >= 0.6 is 0 Å². The van der Waals surface area contributed by atoms with Gasteiger partial charge in [0, 0.05) is 30.4 Å². The predicted molar refractivity (Wildman–Crippen MR) is 94.6 cm³/mol. The van der Waals surface area contributed by atoms with Gasteiger partial charge in [-0.15, -0.1) is 0 Å². The van der Waals surface area contributed by atoms with Gasteiger partial charge in [-0.1, -0.05) is 19.1 Å². The zero-order valence-corrected chi connectivity index (χ0v) is 14.0. The van der Waals surface area contributed by atoms with Crippen molar-refractivity contribution < 1.29 is 4.39 Å². The SMILES string of the molecule is CC1CCCN(c2ncnc3[nH]cc(-c4cccc(C#N)c4F)c23)C1. The monoisotopic (exact) mass is 335 g/mol. The molecule has 0 spiro atoms. The third kappa shape index (κ3) is 2.62. The molecule has 1 saturated heterocycles. The zero-order valence-electron chi connectivity index (χ0n) is 14.0. The van der Waals surface area contributed by atoms with Gasteiger partial charge in [0.25, 0.3) is 0 Å². The van der Waals surface area contributed by atoms with Crippen LogP contribution in [0.1, 0.15) is 25.3 Å². The molecule has 0 saturated carbocycles. The molecule has 1 atom stereocenters. The van der Waals surface area contributed by atoms with Crippen LogP contribution in [0.15, 0.2) is 30.7 Å². The number of nitrogens with one attached hydrogen (secondary N) is 1. The Bertz CT molecular complexity index is 972. The Morgan fingerprint density at radius 1 is 1.32 bits per heavy atom. The maximum atomic E-state index is 14.7. The van der Waals surface area contributed by atoms with Crippen molar-refractivity contribution in [1.82, 2.24) is 15.0 Å². The highest BCUT2D eigenvalue weighted by Crippen LogP contribution is 2.36. The molecular formula is C19H18FN5. The van der Waals surface area contributed by atoms with E-state index >= 15 is 0 Å². The lowest BCUT2D eigenvalue weighted by molar-refractivity contribution is 0.445. The number of hydrogen-bond acceptors (Lipinski definition) is 4. The number of halogens is 1. The molecule has 6 heteroatoms. The Balaban J connectivity index is 1.91. The first kappa shape index (κ1) is 15.6. The summed E-state index contributed by atoms with van der Waals surface area (Å²) in [5.74, 6) is 0.919. The van der Waals surface area contributed by atoms with Crippen LogP contribution in [0.3, 0.4) is 0 Å². The van der Waals surface area contributed by atoms with Gasteiger partial charge in [-0.2, -0.15) is 5.26 Å². The molecule has 1 unspecified atom stereocenters. The maximum absolute atomic E-state index is 14.7. The zero-order chi connectivity index (χ0) is 17.4. The number of rotatable bonds is 2. The molecule has 3 heterocycles. The van der Waals surface area contributed by atoms with E-state index in [-0.39, 0.29) is 5.56 Å². The lowest BCUT2D eigenvalue weighted by atomic mass is 9.99. The lowest BCUT2D eigenvalue weighted by Gasteiger charge is -2.32. The largest absolute Gasteiger partial charge is 0.356 e. The number of aromatic nitrogens is 3. The van der Waals surface area contributed by atoms with Gasteiger partial charge in [-0.05, 0) is 24.8 Å². The summed E-state index contributed by atoms with van der Waals surface area (Å²) in [6.45, 7) is 4.10. The maximum Gasteiger partial charge on any atom is 0.148 e. The second kappa shape index (κ2) is 6.17. The van der Waals surface area contributed by atoms with E-state index in [0.29, 0.717) is 22.7 Å². The summed E-state index contributed by atoms with van der Waals surface area (Å²) >= 11 is 0. The van der Waals surface area contributed by atoms with Crippen molar-refractivity contribution in [2.45, 2.75) is 19.8 Å². The number of nitrogens with zero attached hydrogens (tertiary/aromatic N) is 4. The molecule has 1 aliphatic heterocycles. The molecule has 0 radical (unpaired) electrons. The third-order valence-corrected chi connectivity index (χ3v) is 4.82. The Hall–Kier alpha value is -2.94. The highest BCUT2D eigenvalue weighted by Gasteiger charge is 2.23. The van der Waals surface area contributed by atoms with Crippen molar-refractivity contribution in [1.29, 1.82) is 5.26 Å². The van der Waals surface area contributed by atoms with Gasteiger partial charge in [-0.25, -0.2) is 14.4 Å². The molecule has 1 aromatic carbocycles. The number of piperidine rings is 1. The van der Waals surface area contributed by atoms with Crippen molar-refractivity contribution in [3.63, 3.8) is 0 Å². The van der Waals surface area contributed by atoms with Crippen molar-refractivity contribution in [3.8, 4) is 17.2 Å². The molecule has 1 aliphatic rings. The summed E-state index contributed by atoms with van der Waals surface area (Å²) in [4.78, 5) is 14.2. The highest BCUT2D eigenvalue weighted by molar-refractivity contribution is 6.01. The van der Waals surface area contributed by atoms with Gasteiger partial charge in [0.15, 0.2) is 0 Å². The molecule has 0 bridgehead atoms. The summed E-state index contributed by atoms with van der Waals surface area (Å²) < 4.78 is 14.7. The van der Waals surface area contributed by atoms with Crippen LogP contribution in [-0.4, -0.2) is 28.0 Å². The van der Waals surface area contributed by atoms with Gasteiger partial charge >= 0.3 is 0 Å². The average molecular weight is 335 g/mol. The second-order valence-corrected chi connectivity index (χ2v) is 6.60. The van der Waals surface area contributed by atoms with Gasteiger partial charge in [-0.3, -0.25) is 0 Å². The minimum absolute atomic E-state index is 0.0387. The number of anilines is 1. The molecule has 126 valence electrons. The highest BCUT2D eigenvalue weighted by atomic mass is 19.1. The first-order chi connectivity index (χ1) is 12.2. The van der Waals surface area contributed by atoms with E-state index in [2.05, 4.69) is 26.8 Å². The minimum atomic E-state index is -0.507. The van der Waals surface area contributed by atoms with Crippen LogP contribution in [-0.2, 0) is 0 Å². The molecule has 1 fully saturated rings. The van der Waals surface area contributed by atoms with E-state index < -0.39 is 5.82 Å². The number of H-pyrrole nitrogens is 1. The summed E-state index contributed by atoms with van der Waals surface area (Å²) in [6, 6.07) is 6.77. The fraction of sp³-hybridized carbons (Fsp3) is 0.316. The van der Waals surface area contributed by atoms with Crippen molar-refractivity contribution in [2.24, 2.45) is 5.92 Å². The van der Waals surface area contributed by atoms with E-state index in [1.54, 1.807) is 24.7 Å². The van der Waals surface area contributed by atoms with E-state index in [1.807, 2.05) is 6.07 Å². The van der Waals surface area contributed by atoms with E-state index in [1.165, 1.54) is 12.5 Å². The number of benzene rings is 1. The van der Waals surface area contributed by atoms with E-state index in [0.717, 1.165) is 30.7 Å². The fourth-order valence-electron chi connectivity index (χ4n) is 3.61. The topological polar surface area (TPSA) is 68.6 Å². The number of fused-ring (bicyclic) bond motifs is 1. The number of aromatic amines is 1. The Morgan fingerprint density at radius 3 is 3.00 bits per heavy atom. The summed E-state index contributed by atoms with van der Waals surface area (Å²) in [5, 5.41) is 9.92. The average Bonchev–Trinajstić information content (AvgIpc) is 3.06. The minimum Gasteiger partial charge on any atom is -0.356 e. The van der Waals surface area contributed by atoms with Gasteiger partial charge < -0.3 is 9.88 Å². The molecule has 5 nitrogen and oxygen atoms in total. The van der Waals surface area contributed by atoms with Crippen LogP contribution in [0.2, 0.25) is 0 Å². The molecule has 2 aromatic heterocycles. The van der Waals surface area contributed by atoms with Crippen LogP contribution in [0, 0.1) is 23.1 Å². The van der Waals surface area contributed by atoms with Crippen LogP contribution in [0.5, 0.6) is 0 Å². The first-order valence-corrected chi connectivity index (χ1v) is 8.45. The third-order valence-electron chi connectivity index (χ3n) is 4.82. The number of hydrogen-bond donors (Lipinski definition) is 1. The lowest BCUT2D eigenvalue weighted by Crippen LogP contribution is -2.35. The van der Waals surface area contributed by atoms with Crippen molar-refractivity contribution in [2.75, 3.05) is 18.0 Å². The molecular weight excluding hydrogens is 317 g/mol. The second-order valence-electron chi connectivity index (χ2n) is 6.60. The van der Waals surface area contributed by atoms with Gasteiger partial charge in [0.2, 0.25) is 0 Å². The van der Waals surface area contributed by atoms with E-state index in [4.69, 9.17) is 5.26 Å². The van der Waals surface area contributed by atoms with Gasteiger partial charge in [0.1, 0.15) is 29.7 Å². The van der Waals surface area contributed by atoms with Crippen LogP contribution in [0.25, 0.3) is 22.2 Å². The predicted octanol–water partition coefficient (Wildman–Crippen LogP) is 3.87. The first-order valence-electron chi connectivity index (χ1n) is 8.45. The molecule has 25 heavy (non-hydrogen) atoms. The van der Waals surface area contributed by atoms with Crippen molar-refractivity contribution >= 4 is 16.9 Å². The quantitative estimate of drug-likeness (QED) is 0.772. The molecule has 1 N–H and O–H groups in total. The van der Waals surface area contributed by atoms with E-state index in [9.17, 15) is 4.39 Å². The van der Waals surface area contributed by atoms with Crippen molar-refractivity contribution in [3.05, 3.63) is 42.1 Å². The standard InChI is InChI=1S/C19H18FN5/c1-12-4-3-7-25(10-12)19-16-15(9-22-18(16)23-11-24-19)14-6-2-5-13(8-21)17(14)20/h2,5-6,9,11-12H,3-4,7,10H2,1H3,(H,22,23,24). The Labute approximate surface area is 145 Å². The van der Waals surface area contributed by atoms with Crippen LogP contribution < -0.4 is 4.90 Å². The van der Waals surface area contributed by atoms with Crippen LogP contribution in [0.4, 0.5) is 10.2 Å². The normalized spacial score (nSPS) is 17.6. The molecule has 3 aromatic rings. The fourth-order valence-corrected chi connectivity index (χ4v) is 3.61. The summed E-state index contributed by atoms with van der Waals surface area (Å²) in [7, 11) is 0. The molecule has 4 rings (SSSR count). The smallest absolute Gasteiger partial charge is 0.148 e. The Morgan fingerprint density at radius 2 is 2.20 bits per heavy atom. The van der Waals surface area contributed by atoms with Gasteiger partial charge in [0.05, 0.1) is 10.9 Å². The Kier molecular flexibility index (Phi) is 3.85. The molecule has 0 amide bonds. The number of nitriles is 1. The summed E-state index contributed by atoms with van der Waals surface area (Å²) in [5.41, 5.74) is 1.81.